The number of ketones is 1. The van der Waals surface area contributed by atoms with Gasteiger partial charge in [-0.05, 0) is 37.6 Å². The van der Waals surface area contributed by atoms with Crippen molar-refractivity contribution < 1.29 is 13.9 Å². The number of oxazole rings is 1. The highest BCUT2D eigenvalue weighted by atomic mass is 35.5. The average Bonchev–Trinajstić information content (AvgIpc) is 2.81. The van der Waals surface area contributed by atoms with Gasteiger partial charge in [0.05, 0.1) is 11.2 Å². The molecule has 4 nitrogen and oxygen atoms in total. The van der Waals surface area contributed by atoms with E-state index in [-0.39, 0.29) is 12.4 Å². The zero-order valence-corrected chi connectivity index (χ0v) is 12.0. The Morgan fingerprint density at radius 3 is 2.80 bits per heavy atom. The Balaban J connectivity index is 2.09. The van der Waals surface area contributed by atoms with E-state index in [0.717, 1.165) is 5.76 Å². The smallest absolute Gasteiger partial charge is 0.232 e. The molecule has 2 rings (SSSR count). The molecule has 0 bridgehead atoms. The first kappa shape index (κ1) is 14.3. The molecule has 104 valence electrons. The van der Waals surface area contributed by atoms with Gasteiger partial charge in [-0.3, -0.25) is 4.79 Å². The number of halogens is 1. The molecule has 0 saturated heterocycles. The van der Waals surface area contributed by atoms with Crippen molar-refractivity contribution in [2.75, 3.05) is 0 Å². The van der Waals surface area contributed by atoms with Gasteiger partial charge < -0.3 is 9.15 Å². The summed E-state index contributed by atoms with van der Waals surface area (Å²) in [6, 6.07) is 4.89. The van der Waals surface area contributed by atoms with Gasteiger partial charge in [0.1, 0.15) is 11.5 Å². The molecule has 5 heteroatoms. The monoisotopic (exact) mass is 291 g/mol. The summed E-state index contributed by atoms with van der Waals surface area (Å²) in [5.41, 5.74) is 0.856. The van der Waals surface area contributed by atoms with Crippen molar-refractivity contribution >= 4 is 17.4 Å². The molecule has 0 spiro atoms. The lowest BCUT2D eigenvalue weighted by Crippen LogP contribution is -2.01. The van der Waals surface area contributed by atoms with Crippen LogP contribution in [0.3, 0.4) is 0 Å². The number of ether oxygens (including phenoxy) is 1. The van der Waals surface area contributed by atoms with Crippen LogP contribution >= 0.6 is 11.6 Å². The number of hydrogen-bond acceptors (Lipinski definition) is 4. The van der Waals surface area contributed by atoms with Gasteiger partial charge in [-0.15, -0.1) is 0 Å². The minimum absolute atomic E-state index is 0.176. The summed E-state index contributed by atoms with van der Waals surface area (Å²) in [6.45, 7) is 7.28. The third kappa shape index (κ3) is 3.27. The van der Waals surface area contributed by atoms with Crippen LogP contribution in [0.25, 0.3) is 0 Å². The van der Waals surface area contributed by atoms with Crippen LogP contribution < -0.4 is 4.74 Å². The fourth-order valence-corrected chi connectivity index (χ4v) is 1.87. The molecular weight excluding hydrogens is 278 g/mol. The number of hydrogen-bond donors (Lipinski definition) is 0. The van der Waals surface area contributed by atoms with E-state index >= 15 is 0 Å². The zero-order chi connectivity index (χ0) is 14.7. The molecule has 1 aromatic carbocycles. The van der Waals surface area contributed by atoms with E-state index < -0.39 is 0 Å². The van der Waals surface area contributed by atoms with Crippen LogP contribution in [-0.2, 0) is 6.61 Å². The van der Waals surface area contributed by atoms with Crippen LogP contribution in [0, 0.1) is 6.92 Å². The molecule has 0 atom stereocenters. The van der Waals surface area contributed by atoms with Gasteiger partial charge >= 0.3 is 0 Å². The Labute approximate surface area is 122 Å². The lowest BCUT2D eigenvalue weighted by atomic mass is 10.1. The van der Waals surface area contributed by atoms with E-state index in [2.05, 4.69) is 11.6 Å². The maximum Gasteiger partial charge on any atom is 0.232 e. The van der Waals surface area contributed by atoms with Crippen molar-refractivity contribution in [3.8, 4) is 5.75 Å². The van der Waals surface area contributed by atoms with Gasteiger partial charge in [0.25, 0.3) is 0 Å². The van der Waals surface area contributed by atoms with Crippen LogP contribution in [0.4, 0.5) is 0 Å². The Morgan fingerprint density at radius 1 is 1.50 bits per heavy atom. The van der Waals surface area contributed by atoms with Gasteiger partial charge in [-0.2, -0.15) is 0 Å². The van der Waals surface area contributed by atoms with Gasteiger partial charge in [-0.25, -0.2) is 4.98 Å². The molecule has 0 unspecified atom stereocenters. The van der Waals surface area contributed by atoms with Gasteiger partial charge in [-0.1, -0.05) is 18.2 Å². The first-order chi connectivity index (χ1) is 9.47. The minimum Gasteiger partial charge on any atom is -0.484 e. The molecule has 0 aliphatic heterocycles. The second-order valence-corrected chi connectivity index (χ2v) is 4.81. The summed E-state index contributed by atoms with van der Waals surface area (Å²) in [4.78, 5) is 15.8. The topological polar surface area (TPSA) is 52.3 Å². The molecule has 0 fully saturated rings. The Kier molecular flexibility index (Phi) is 4.25. The molecule has 1 heterocycles. The summed E-state index contributed by atoms with van der Waals surface area (Å²) < 4.78 is 10.8. The van der Waals surface area contributed by atoms with Crippen LogP contribution in [0.15, 0.2) is 41.0 Å². The first-order valence-electron chi connectivity index (χ1n) is 6.01. The molecule has 0 amide bonds. The number of carbonyl (C=O) groups is 1. The molecule has 2 aromatic rings. The summed E-state index contributed by atoms with van der Waals surface area (Å²) in [5, 5.41) is 0.332. The fourth-order valence-electron chi connectivity index (χ4n) is 1.61. The number of rotatable bonds is 5. The zero-order valence-electron chi connectivity index (χ0n) is 11.3. The van der Waals surface area contributed by atoms with Crippen LogP contribution in [0.2, 0.25) is 5.02 Å². The van der Waals surface area contributed by atoms with E-state index in [1.54, 1.807) is 31.3 Å². The number of aromatic nitrogens is 1. The number of nitrogens with zero attached hydrogens (tertiary/aromatic N) is 1. The maximum absolute atomic E-state index is 11.8. The minimum atomic E-state index is -0.176. The third-order valence-corrected chi connectivity index (χ3v) is 2.92. The summed E-state index contributed by atoms with van der Waals surface area (Å²) >= 11 is 6.07. The number of allylic oxidation sites excluding steroid dienone is 1. The molecule has 0 radical (unpaired) electrons. The Morgan fingerprint density at radius 2 is 2.25 bits per heavy atom. The van der Waals surface area contributed by atoms with Crippen LogP contribution in [0.5, 0.6) is 5.75 Å². The number of benzene rings is 1. The molecule has 0 saturated carbocycles. The lowest BCUT2D eigenvalue weighted by molar-refractivity contribution is 0.103. The molecule has 0 N–H and O–H groups in total. The largest absolute Gasteiger partial charge is 0.484 e. The van der Waals surface area contributed by atoms with Crippen molar-refractivity contribution in [3.63, 3.8) is 0 Å². The highest BCUT2D eigenvalue weighted by Gasteiger charge is 2.12. The standard InChI is InChI=1S/C15H14ClNO3/c1-9(2)15(18)12-5-4-11(6-13(12)16)19-8-14-17-7-10(3)20-14/h4-7H,1,8H2,2-3H3. The van der Waals surface area contributed by atoms with Crippen molar-refractivity contribution in [1.29, 1.82) is 0 Å². The molecule has 0 aliphatic rings. The molecule has 0 aliphatic carbocycles. The number of Topliss-reactive ketones (excluding diaryl/α,β-unsaturated/α-hetero) is 1. The van der Waals surface area contributed by atoms with Crippen LogP contribution in [-0.4, -0.2) is 10.8 Å². The predicted molar refractivity (Wildman–Crippen MR) is 76.2 cm³/mol. The summed E-state index contributed by atoms with van der Waals surface area (Å²) in [5.74, 6) is 1.58. The van der Waals surface area contributed by atoms with Gasteiger partial charge in [0.15, 0.2) is 12.4 Å². The fraction of sp³-hybridized carbons (Fsp3) is 0.200. The van der Waals surface area contributed by atoms with Crippen LogP contribution in [0.1, 0.15) is 28.9 Å². The SMILES string of the molecule is C=C(C)C(=O)c1ccc(OCc2ncc(C)o2)cc1Cl. The summed E-state index contributed by atoms with van der Waals surface area (Å²) in [7, 11) is 0. The second-order valence-electron chi connectivity index (χ2n) is 4.40. The molecular formula is C15H14ClNO3. The number of carbonyl (C=O) groups excluding carboxylic acids is 1. The normalized spacial score (nSPS) is 10.3. The van der Waals surface area contributed by atoms with E-state index in [4.69, 9.17) is 20.8 Å². The van der Waals surface area contributed by atoms with Gasteiger partial charge in [0, 0.05) is 5.56 Å². The first-order valence-corrected chi connectivity index (χ1v) is 6.39. The lowest BCUT2D eigenvalue weighted by Gasteiger charge is -2.07. The van der Waals surface area contributed by atoms with E-state index in [9.17, 15) is 4.79 Å². The van der Waals surface area contributed by atoms with Crippen molar-refractivity contribution in [3.05, 3.63) is 58.8 Å². The van der Waals surface area contributed by atoms with E-state index in [1.165, 1.54) is 0 Å². The highest BCUT2D eigenvalue weighted by Crippen LogP contribution is 2.25. The number of aryl methyl sites for hydroxylation is 1. The van der Waals surface area contributed by atoms with E-state index in [1.807, 2.05) is 6.92 Å². The van der Waals surface area contributed by atoms with Crippen molar-refractivity contribution in [1.82, 2.24) is 4.98 Å². The van der Waals surface area contributed by atoms with Gasteiger partial charge in [0.2, 0.25) is 5.89 Å². The summed E-state index contributed by atoms with van der Waals surface area (Å²) in [6.07, 6.45) is 1.63. The van der Waals surface area contributed by atoms with E-state index in [0.29, 0.717) is 27.8 Å². The Bertz CT molecular complexity index is 661. The third-order valence-electron chi connectivity index (χ3n) is 2.60. The predicted octanol–water partition coefficient (Wildman–Crippen LogP) is 3.97. The average molecular weight is 292 g/mol. The molecule has 20 heavy (non-hydrogen) atoms. The Hall–Kier alpha value is -2.07. The van der Waals surface area contributed by atoms with Crippen molar-refractivity contribution in [2.24, 2.45) is 0 Å². The quantitative estimate of drug-likeness (QED) is 0.618. The maximum atomic E-state index is 11.8. The highest BCUT2D eigenvalue weighted by molar-refractivity contribution is 6.35. The second kappa shape index (κ2) is 5.92. The van der Waals surface area contributed by atoms with Crippen molar-refractivity contribution in [2.45, 2.75) is 20.5 Å². The molecule has 1 aromatic heterocycles.